The van der Waals surface area contributed by atoms with Crippen molar-refractivity contribution in [2.45, 2.75) is 6.54 Å². The van der Waals surface area contributed by atoms with Crippen LogP contribution in [0.4, 0.5) is 11.4 Å². The van der Waals surface area contributed by atoms with Crippen molar-refractivity contribution in [3.63, 3.8) is 0 Å². The Balaban J connectivity index is 1.35. The molecule has 0 aliphatic carbocycles. The molecule has 150 valence electrons. The van der Waals surface area contributed by atoms with Crippen LogP contribution in [0.2, 0.25) is 0 Å². The molecule has 6 nitrogen and oxygen atoms in total. The van der Waals surface area contributed by atoms with Gasteiger partial charge in [0.15, 0.2) is 0 Å². The molecule has 0 radical (unpaired) electrons. The number of pyridine rings is 1. The van der Waals surface area contributed by atoms with E-state index in [-0.39, 0.29) is 0 Å². The van der Waals surface area contributed by atoms with Crippen LogP contribution in [0, 0.1) is 0 Å². The molecule has 0 amide bonds. The summed E-state index contributed by atoms with van der Waals surface area (Å²) in [5.41, 5.74) is 3.48. The Kier molecular flexibility index (Phi) is 4.77. The molecule has 5 rings (SSSR count). The molecule has 6 heteroatoms. The second kappa shape index (κ2) is 7.72. The molecule has 1 aromatic heterocycles. The second-order valence-electron chi connectivity index (χ2n) is 7.40. The third-order valence-electron chi connectivity index (χ3n) is 5.54. The lowest BCUT2D eigenvalue weighted by molar-refractivity contribution is 0.122. The summed E-state index contributed by atoms with van der Waals surface area (Å²) in [6.45, 7) is 3.53. The summed E-state index contributed by atoms with van der Waals surface area (Å²) >= 11 is 0. The number of hydrogen-bond acceptors (Lipinski definition) is 6. The van der Waals surface area contributed by atoms with E-state index in [1.54, 1.807) is 0 Å². The molecule has 4 aromatic rings. The first kappa shape index (κ1) is 18.5. The number of aromatic nitrogens is 1. The van der Waals surface area contributed by atoms with Crippen molar-refractivity contribution in [2.24, 2.45) is 0 Å². The summed E-state index contributed by atoms with van der Waals surface area (Å²) in [4.78, 5) is 31.3. The number of anilines is 2. The maximum atomic E-state index is 12.3. The Morgan fingerprint density at radius 1 is 0.900 bits per heavy atom. The van der Waals surface area contributed by atoms with Crippen molar-refractivity contribution in [1.82, 2.24) is 4.98 Å². The number of nitrogens with zero attached hydrogens (tertiary/aromatic N) is 2. The maximum absolute atomic E-state index is 12.3. The lowest BCUT2D eigenvalue weighted by atomic mass is 9.98. The molecule has 0 atom stereocenters. The Labute approximate surface area is 173 Å². The molecule has 0 bridgehead atoms. The van der Waals surface area contributed by atoms with Crippen LogP contribution in [-0.2, 0) is 11.3 Å². The Morgan fingerprint density at radius 3 is 2.47 bits per heavy atom. The summed E-state index contributed by atoms with van der Waals surface area (Å²) in [7, 11) is 0. The van der Waals surface area contributed by atoms with Crippen LogP contribution in [0.1, 0.15) is 5.69 Å². The van der Waals surface area contributed by atoms with Crippen LogP contribution in [-0.4, -0.2) is 31.3 Å². The number of benzene rings is 2. The van der Waals surface area contributed by atoms with E-state index in [2.05, 4.69) is 15.2 Å². The number of fused-ring (bicyclic) bond motifs is 1. The summed E-state index contributed by atoms with van der Waals surface area (Å²) in [6, 6.07) is 19.6. The van der Waals surface area contributed by atoms with Crippen molar-refractivity contribution >= 4 is 22.3 Å². The number of ether oxygens (including phenoxy) is 1. The van der Waals surface area contributed by atoms with Crippen LogP contribution in [0.5, 0.6) is 0 Å². The number of rotatable bonds is 5. The normalized spacial score (nSPS) is 14.3. The lowest BCUT2D eigenvalue weighted by Crippen LogP contribution is -2.36. The van der Waals surface area contributed by atoms with Crippen molar-refractivity contribution in [2.75, 3.05) is 36.5 Å². The van der Waals surface area contributed by atoms with Gasteiger partial charge in [-0.15, -0.1) is 0 Å². The standard InChI is InChI=1S/C24H21N3O3/c28-23-21(17-6-9-19(10-7-17)27-11-13-30-14-12-27)22(24(23)29)25-15-18-8-5-16-3-1-2-4-20(16)26-18/h1-10,25H,11-15H2. The van der Waals surface area contributed by atoms with Crippen molar-refractivity contribution in [3.8, 4) is 11.1 Å². The lowest BCUT2D eigenvalue weighted by Gasteiger charge is -2.29. The summed E-state index contributed by atoms with van der Waals surface area (Å²) in [5.74, 6) is 0. The zero-order valence-corrected chi connectivity index (χ0v) is 16.4. The molecule has 3 aromatic carbocycles. The molecule has 2 heterocycles. The van der Waals surface area contributed by atoms with Gasteiger partial charge >= 0.3 is 0 Å². The van der Waals surface area contributed by atoms with Gasteiger partial charge in [0, 0.05) is 24.2 Å². The van der Waals surface area contributed by atoms with Crippen LogP contribution >= 0.6 is 0 Å². The topological polar surface area (TPSA) is 71.5 Å². The maximum Gasteiger partial charge on any atom is 0.250 e. The van der Waals surface area contributed by atoms with E-state index in [0.717, 1.165) is 54.2 Å². The number of morpholine rings is 1. The SMILES string of the molecule is O=c1c(NCc2ccc3ccccc3n2)c(-c2ccc(N3CCOCC3)cc2)c1=O. The van der Waals surface area contributed by atoms with E-state index in [1.807, 2.05) is 60.7 Å². The van der Waals surface area contributed by atoms with Crippen LogP contribution < -0.4 is 21.1 Å². The highest BCUT2D eigenvalue weighted by Gasteiger charge is 2.22. The minimum atomic E-state index is -0.469. The fraction of sp³-hybridized carbons (Fsp3) is 0.208. The second-order valence-corrected chi connectivity index (χ2v) is 7.40. The highest BCUT2D eigenvalue weighted by atomic mass is 16.5. The van der Waals surface area contributed by atoms with Gasteiger partial charge in [0.25, 0.3) is 0 Å². The van der Waals surface area contributed by atoms with Crippen LogP contribution in [0.25, 0.3) is 22.0 Å². The summed E-state index contributed by atoms with van der Waals surface area (Å²) in [5, 5.41) is 4.19. The molecule has 1 fully saturated rings. The van der Waals surface area contributed by atoms with Gasteiger partial charge in [-0.3, -0.25) is 14.6 Å². The average Bonchev–Trinajstić information content (AvgIpc) is 2.82. The van der Waals surface area contributed by atoms with Gasteiger partial charge in [0.2, 0.25) is 10.9 Å². The Hall–Kier alpha value is -3.51. The molecule has 1 saturated heterocycles. The summed E-state index contributed by atoms with van der Waals surface area (Å²) in [6.07, 6.45) is 0. The molecule has 30 heavy (non-hydrogen) atoms. The fourth-order valence-corrected chi connectivity index (χ4v) is 3.88. The zero-order valence-electron chi connectivity index (χ0n) is 16.4. The number of hydrogen-bond donors (Lipinski definition) is 1. The molecule has 1 N–H and O–H groups in total. The van der Waals surface area contributed by atoms with Crippen molar-refractivity contribution in [1.29, 1.82) is 0 Å². The van der Waals surface area contributed by atoms with Crippen molar-refractivity contribution < 1.29 is 4.74 Å². The first-order valence-electron chi connectivity index (χ1n) is 10.1. The molecular formula is C24H21N3O3. The summed E-state index contributed by atoms with van der Waals surface area (Å²) < 4.78 is 5.39. The smallest absolute Gasteiger partial charge is 0.250 e. The molecule has 1 aliphatic rings. The van der Waals surface area contributed by atoms with Gasteiger partial charge in [-0.2, -0.15) is 0 Å². The molecule has 1 aliphatic heterocycles. The zero-order chi connectivity index (χ0) is 20.5. The minimum Gasteiger partial charge on any atom is -0.378 e. The van der Waals surface area contributed by atoms with Crippen LogP contribution in [0.3, 0.4) is 0 Å². The first-order chi connectivity index (χ1) is 14.7. The first-order valence-corrected chi connectivity index (χ1v) is 10.1. The van der Waals surface area contributed by atoms with E-state index < -0.39 is 10.9 Å². The molecular weight excluding hydrogens is 378 g/mol. The van der Waals surface area contributed by atoms with E-state index in [0.29, 0.717) is 17.8 Å². The van der Waals surface area contributed by atoms with Gasteiger partial charge < -0.3 is 15.0 Å². The van der Waals surface area contributed by atoms with Crippen LogP contribution in [0.15, 0.2) is 70.3 Å². The molecule has 0 unspecified atom stereocenters. The van der Waals surface area contributed by atoms with Crippen molar-refractivity contribution in [3.05, 3.63) is 86.8 Å². The van der Waals surface area contributed by atoms with Gasteiger partial charge in [-0.05, 0) is 29.8 Å². The monoisotopic (exact) mass is 399 g/mol. The van der Waals surface area contributed by atoms with E-state index in [9.17, 15) is 9.59 Å². The number of nitrogens with one attached hydrogen (secondary N) is 1. The molecule has 0 spiro atoms. The van der Waals surface area contributed by atoms with Gasteiger partial charge in [0.05, 0.1) is 42.2 Å². The third-order valence-corrected chi connectivity index (χ3v) is 5.54. The predicted molar refractivity (Wildman–Crippen MR) is 119 cm³/mol. The predicted octanol–water partition coefficient (Wildman–Crippen LogP) is 2.95. The van der Waals surface area contributed by atoms with E-state index in [1.165, 1.54) is 0 Å². The Bertz CT molecular complexity index is 1270. The average molecular weight is 399 g/mol. The van der Waals surface area contributed by atoms with Gasteiger partial charge in [0.1, 0.15) is 0 Å². The number of para-hydroxylation sites is 1. The third kappa shape index (κ3) is 3.35. The highest BCUT2D eigenvalue weighted by molar-refractivity contribution is 5.83. The highest BCUT2D eigenvalue weighted by Crippen LogP contribution is 2.27. The Morgan fingerprint density at radius 2 is 1.67 bits per heavy atom. The fourth-order valence-electron chi connectivity index (χ4n) is 3.88. The van der Waals surface area contributed by atoms with E-state index in [4.69, 9.17) is 4.74 Å². The quantitative estimate of drug-likeness (QED) is 0.521. The largest absolute Gasteiger partial charge is 0.378 e. The molecule has 0 saturated carbocycles. The minimum absolute atomic E-state index is 0.370. The van der Waals surface area contributed by atoms with E-state index >= 15 is 0 Å². The van der Waals surface area contributed by atoms with Gasteiger partial charge in [-0.25, -0.2) is 0 Å². The van der Waals surface area contributed by atoms with Gasteiger partial charge in [-0.1, -0.05) is 36.4 Å².